The zero-order valence-corrected chi connectivity index (χ0v) is 18.0. The molecule has 0 aromatic heterocycles. The van der Waals surface area contributed by atoms with Crippen molar-refractivity contribution < 1.29 is 36.6 Å². The van der Waals surface area contributed by atoms with Crippen molar-refractivity contribution in [2.24, 2.45) is 0 Å². The second-order valence-corrected chi connectivity index (χ2v) is 7.55. The van der Waals surface area contributed by atoms with Gasteiger partial charge in [0.15, 0.2) is 0 Å². The molecule has 178 valence electrons. The number of morpholine rings is 1. The molecule has 6 nitrogen and oxygen atoms in total. The van der Waals surface area contributed by atoms with Crippen molar-refractivity contribution in [1.82, 2.24) is 9.80 Å². The minimum atomic E-state index is -4.56. The van der Waals surface area contributed by atoms with Gasteiger partial charge in [0.1, 0.15) is 5.82 Å². The average Bonchev–Trinajstić information content (AvgIpc) is 2.81. The number of nitrogens with zero attached hydrogens (tertiary/aromatic N) is 2. The Morgan fingerprint density at radius 2 is 1.94 bits per heavy atom. The van der Waals surface area contributed by atoms with Gasteiger partial charge in [-0.25, -0.2) is 4.39 Å². The third-order valence-corrected chi connectivity index (χ3v) is 5.24. The molecule has 1 atom stereocenters. The summed E-state index contributed by atoms with van der Waals surface area (Å²) < 4.78 is 63.9. The van der Waals surface area contributed by atoms with E-state index in [-0.39, 0.29) is 50.5 Å². The van der Waals surface area contributed by atoms with Crippen LogP contribution in [0.15, 0.2) is 48.5 Å². The van der Waals surface area contributed by atoms with Crippen molar-refractivity contribution in [3.05, 3.63) is 71.0 Å². The number of carbonyl (C=O) groups excluding carboxylic acids is 2. The predicted molar refractivity (Wildman–Crippen MR) is 111 cm³/mol. The standard InChI is InChI=1S/C23H24F4N2O4/c1-32-11-9-29(22(31)19-7-2-3-8-20(19)24)15-18-14-28(10-12-33-18)21(30)16-5-4-6-17(13-16)23(25,26)27/h2-8,13,18H,9-12,14-15H2,1H3. The van der Waals surface area contributed by atoms with Gasteiger partial charge in [0.25, 0.3) is 11.8 Å². The molecule has 2 amide bonds. The van der Waals surface area contributed by atoms with E-state index in [9.17, 15) is 27.2 Å². The Labute approximate surface area is 188 Å². The van der Waals surface area contributed by atoms with E-state index < -0.39 is 35.5 Å². The van der Waals surface area contributed by atoms with Crippen LogP contribution in [-0.4, -0.2) is 74.2 Å². The predicted octanol–water partition coefficient (Wildman–Crippen LogP) is 3.47. The maximum Gasteiger partial charge on any atom is 0.416 e. The minimum Gasteiger partial charge on any atom is -0.383 e. The molecule has 1 aliphatic heterocycles. The lowest BCUT2D eigenvalue weighted by molar-refractivity contribution is -0.137. The summed E-state index contributed by atoms with van der Waals surface area (Å²) in [6.45, 7) is 0.864. The molecular weight excluding hydrogens is 444 g/mol. The zero-order valence-electron chi connectivity index (χ0n) is 18.0. The summed E-state index contributed by atoms with van der Waals surface area (Å²) in [7, 11) is 1.47. The van der Waals surface area contributed by atoms with Gasteiger partial charge in [-0.05, 0) is 30.3 Å². The van der Waals surface area contributed by atoms with Crippen LogP contribution in [0.25, 0.3) is 0 Å². The van der Waals surface area contributed by atoms with Crippen LogP contribution < -0.4 is 0 Å². The van der Waals surface area contributed by atoms with Gasteiger partial charge in [-0.3, -0.25) is 9.59 Å². The monoisotopic (exact) mass is 468 g/mol. The highest BCUT2D eigenvalue weighted by Gasteiger charge is 2.33. The number of hydrogen-bond donors (Lipinski definition) is 0. The van der Waals surface area contributed by atoms with Crippen molar-refractivity contribution >= 4 is 11.8 Å². The van der Waals surface area contributed by atoms with Crippen LogP contribution >= 0.6 is 0 Å². The van der Waals surface area contributed by atoms with Gasteiger partial charge in [0.05, 0.1) is 30.4 Å². The summed E-state index contributed by atoms with van der Waals surface area (Å²) in [5.41, 5.74) is -1.08. The van der Waals surface area contributed by atoms with Crippen molar-refractivity contribution in [3.63, 3.8) is 0 Å². The fraction of sp³-hybridized carbons (Fsp3) is 0.391. The fourth-order valence-corrected chi connectivity index (χ4v) is 3.55. The van der Waals surface area contributed by atoms with E-state index in [1.165, 1.54) is 47.2 Å². The van der Waals surface area contributed by atoms with Gasteiger partial charge < -0.3 is 19.3 Å². The Kier molecular flexibility index (Phi) is 8.04. The van der Waals surface area contributed by atoms with Gasteiger partial charge in [0.2, 0.25) is 0 Å². The van der Waals surface area contributed by atoms with Gasteiger partial charge in [0, 0.05) is 38.9 Å². The highest BCUT2D eigenvalue weighted by molar-refractivity contribution is 5.95. The maximum absolute atomic E-state index is 14.1. The van der Waals surface area contributed by atoms with Crippen LogP contribution in [-0.2, 0) is 15.7 Å². The van der Waals surface area contributed by atoms with E-state index in [1.54, 1.807) is 6.07 Å². The van der Waals surface area contributed by atoms with Crippen molar-refractivity contribution in [3.8, 4) is 0 Å². The number of halogens is 4. The molecule has 0 radical (unpaired) electrons. The molecule has 1 aliphatic rings. The molecule has 2 aromatic carbocycles. The molecule has 0 N–H and O–H groups in total. The number of amides is 2. The van der Waals surface area contributed by atoms with Crippen molar-refractivity contribution in [2.75, 3.05) is 46.5 Å². The SMILES string of the molecule is COCCN(CC1CN(C(=O)c2cccc(C(F)(F)F)c2)CCO1)C(=O)c1ccccc1F. The van der Waals surface area contributed by atoms with Crippen LogP contribution in [0.5, 0.6) is 0 Å². The largest absolute Gasteiger partial charge is 0.416 e. The van der Waals surface area contributed by atoms with Crippen LogP contribution in [0.3, 0.4) is 0 Å². The lowest BCUT2D eigenvalue weighted by atomic mass is 10.1. The molecule has 1 unspecified atom stereocenters. The van der Waals surface area contributed by atoms with E-state index >= 15 is 0 Å². The van der Waals surface area contributed by atoms with Gasteiger partial charge >= 0.3 is 6.18 Å². The number of benzene rings is 2. The zero-order chi connectivity index (χ0) is 24.0. The highest BCUT2D eigenvalue weighted by atomic mass is 19.4. The average molecular weight is 468 g/mol. The van der Waals surface area contributed by atoms with Crippen molar-refractivity contribution in [1.29, 1.82) is 0 Å². The highest BCUT2D eigenvalue weighted by Crippen LogP contribution is 2.30. The molecule has 10 heteroatoms. The first-order valence-corrected chi connectivity index (χ1v) is 10.3. The Balaban J connectivity index is 1.72. The normalized spacial score (nSPS) is 16.5. The Morgan fingerprint density at radius 1 is 1.18 bits per heavy atom. The van der Waals surface area contributed by atoms with Crippen LogP contribution in [0, 0.1) is 5.82 Å². The molecule has 2 aromatic rings. The fourth-order valence-electron chi connectivity index (χ4n) is 3.55. The lowest BCUT2D eigenvalue weighted by Crippen LogP contribution is -2.51. The van der Waals surface area contributed by atoms with Crippen LogP contribution in [0.4, 0.5) is 17.6 Å². The van der Waals surface area contributed by atoms with Gasteiger partial charge in [-0.2, -0.15) is 13.2 Å². The van der Waals surface area contributed by atoms with E-state index in [0.717, 1.165) is 12.1 Å². The first-order valence-electron chi connectivity index (χ1n) is 10.3. The number of rotatable bonds is 7. The molecular formula is C23H24F4N2O4. The van der Waals surface area contributed by atoms with Gasteiger partial charge in [-0.1, -0.05) is 18.2 Å². The smallest absolute Gasteiger partial charge is 0.383 e. The number of ether oxygens (including phenoxy) is 2. The maximum atomic E-state index is 14.1. The molecule has 0 aliphatic carbocycles. The van der Waals surface area contributed by atoms with Crippen molar-refractivity contribution in [2.45, 2.75) is 12.3 Å². The van der Waals surface area contributed by atoms with Gasteiger partial charge in [-0.15, -0.1) is 0 Å². The van der Waals surface area contributed by atoms with Crippen LogP contribution in [0.2, 0.25) is 0 Å². The number of hydrogen-bond acceptors (Lipinski definition) is 4. The topological polar surface area (TPSA) is 59.1 Å². The Bertz CT molecular complexity index is 983. The summed E-state index contributed by atoms with van der Waals surface area (Å²) in [4.78, 5) is 28.5. The quantitative estimate of drug-likeness (QED) is 0.584. The first kappa shape index (κ1) is 24.7. The molecule has 0 spiro atoms. The number of methoxy groups -OCH3 is 1. The third kappa shape index (κ3) is 6.29. The second-order valence-electron chi connectivity index (χ2n) is 7.55. The lowest BCUT2D eigenvalue weighted by Gasteiger charge is -2.36. The Morgan fingerprint density at radius 3 is 2.64 bits per heavy atom. The number of carbonyl (C=O) groups is 2. The molecule has 0 saturated carbocycles. The number of alkyl halides is 3. The summed E-state index contributed by atoms with van der Waals surface area (Å²) in [6.07, 6.45) is -5.15. The molecule has 0 bridgehead atoms. The van der Waals surface area contributed by atoms with E-state index in [4.69, 9.17) is 9.47 Å². The molecule has 1 saturated heterocycles. The molecule has 33 heavy (non-hydrogen) atoms. The minimum absolute atomic E-state index is 0.0584. The molecule has 3 rings (SSSR count). The third-order valence-electron chi connectivity index (χ3n) is 5.24. The second kappa shape index (κ2) is 10.8. The summed E-state index contributed by atoms with van der Waals surface area (Å²) in [5.74, 6) is -1.76. The molecule has 1 fully saturated rings. The van der Waals surface area contributed by atoms with Crippen LogP contribution in [0.1, 0.15) is 26.3 Å². The summed E-state index contributed by atoms with van der Waals surface area (Å²) >= 11 is 0. The summed E-state index contributed by atoms with van der Waals surface area (Å²) in [6, 6.07) is 9.84. The summed E-state index contributed by atoms with van der Waals surface area (Å²) in [5, 5.41) is 0. The first-order chi connectivity index (χ1) is 15.7. The van der Waals surface area contributed by atoms with E-state index in [1.807, 2.05) is 0 Å². The Hall–Kier alpha value is -2.98. The molecule has 1 heterocycles. The van der Waals surface area contributed by atoms with E-state index in [2.05, 4.69) is 0 Å². The van der Waals surface area contributed by atoms with E-state index in [0.29, 0.717) is 0 Å².